The molecule has 1 heterocycles. The lowest BCUT2D eigenvalue weighted by molar-refractivity contribution is -0.00515. The summed E-state index contributed by atoms with van der Waals surface area (Å²) in [5.74, 6) is -0.119. The topological polar surface area (TPSA) is 69.2 Å². The third kappa shape index (κ3) is 1.39. The molecule has 14 heavy (non-hydrogen) atoms. The van der Waals surface area contributed by atoms with E-state index < -0.39 is 0 Å². The van der Waals surface area contributed by atoms with Gasteiger partial charge in [-0.05, 0) is 18.9 Å². The summed E-state index contributed by atoms with van der Waals surface area (Å²) in [6.07, 6.45) is 2.83. The first-order chi connectivity index (χ1) is 6.70. The molecule has 0 spiro atoms. The summed E-state index contributed by atoms with van der Waals surface area (Å²) in [6.45, 7) is 0. The molecule has 0 unspecified atom stereocenters. The predicted octanol–water partition coefficient (Wildman–Crippen LogP) is 0.00500. The van der Waals surface area contributed by atoms with Crippen LogP contribution in [0.2, 0.25) is 0 Å². The van der Waals surface area contributed by atoms with E-state index in [1.165, 1.54) is 6.20 Å². The number of carbonyl (C=O) groups is 1. The number of aliphatic hydroxyl groups is 1. The van der Waals surface area contributed by atoms with Crippen LogP contribution in [0.1, 0.15) is 23.3 Å². The Kier molecular flexibility index (Phi) is 2.25. The van der Waals surface area contributed by atoms with Crippen molar-refractivity contribution in [2.75, 3.05) is 7.05 Å². The van der Waals surface area contributed by atoms with Crippen LogP contribution in [-0.4, -0.2) is 45.3 Å². The van der Waals surface area contributed by atoms with Gasteiger partial charge in [-0.2, -0.15) is 5.10 Å². The average Bonchev–Trinajstić information content (AvgIpc) is 2.67. The monoisotopic (exact) mass is 195 g/mol. The number of carbonyl (C=O) groups excluding carboxylic acids is 1. The highest BCUT2D eigenvalue weighted by Gasteiger charge is 2.35. The Hall–Kier alpha value is -1.36. The Balaban J connectivity index is 2.05. The van der Waals surface area contributed by atoms with Crippen molar-refractivity contribution in [2.24, 2.45) is 0 Å². The van der Waals surface area contributed by atoms with E-state index in [9.17, 15) is 9.90 Å². The quantitative estimate of drug-likeness (QED) is 0.698. The van der Waals surface area contributed by atoms with Crippen molar-refractivity contribution in [2.45, 2.75) is 25.0 Å². The fourth-order valence-electron chi connectivity index (χ4n) is 1.63. The van der Waals surface area contributed by atoms with Gasteiger partial charge in [0.15, 0.2) is 0 Å². The summed E-state index contributed by atoms with van der Waals surface area (Å²) in [4.78, 5) is 13.3. The molecular formula is C9H13N3O2. The standard InChI is InChI=1S/C9H13N3O2/c1-12(7-2-3-8(7)13)9(14)6-4-5-10-11-6/h4-5,7-8,13H,2-3H2,1H3,(H,10,11)/t7-,8-/m1/s1. The van der Waals surface area contributed by atoms with E-state index in [1.807, 2.05) is 0 Å². The second-order valence-corrected chi connectivity index (χ2v) is 3.60. The predicted molar refractivity (Wildman–Crippen MR) is 49.7 cm³/mol. The van der Waals surface area contributed by atoms with Crippen LogP contribution in [0.4, 0.5) is 0 Å². The number of likely N-dealkylation sites (N-methyl/N-ethyl adjacent to an activating group) is 1. The first-order valence-corrected chi connectivity index (χ1v) is 4.64. The second kappa shape index (κ2) is 3.42. The molecule has 1 aliphatic carbocycles. The van der Waals surface area contributed by atoms with E-state index in [-0.39, 0.29) is 18.1 Å². The molecule has 76 valence electrons. The van der Waals surface area contributed by atoms with Gasteiger partial charge in [0, 0.05) is 13.2 Å². The minimum absolute atomic E-state index is 0.0363. The van der Waals surface area contributed by atoms with Crippen molar-refractivity contribution in [1.82, 2.24) is 15.1 Å². The normalized spacial score (nSPS) is 25.6. The molecule has 0 aliphatic heterocycles. The number of nitrogens with zero attached hydrogens (tertiary/aromatic N) is 2. The number of rotatable bonds is 2. The van der Waals surface area contributed by atoms with E-state index in [2.05, 4.69) is 10.2 Å². The maximum atomic E-state index is 11.7. The highest BCUT2D eigenvalue weighted by Crippen LogP contribution is 2.25. The molecule has 5 heteroatoms. The van der Waals surface area contributed by atoms with Gasteiger partial charge in [-0.15, -0.1) is 0 Å². The number of amides is 1. The van der Waals surface area contributed by atoms with Crippen molar-refractivity contribution in [1.29, 1.82) is 0 Å². The largest absolute Gasteiger partial charge is 0.391 e. The van der Waals surface area contributed by atoms with E-state index in [0.29, 0.717) is 5.69 Å². The molecule has 5 nitrogen and oxygen atoms in total. The van der Waals surface area contributed by atoms with Crippen LogP contribution in [0, 0.1) is 0 Å². The summed E-state index contributed by atoms with van der Waals surface area (Å²) in [7, 11) is 1.70. The molecule has 1 amide bonds. The molecule has 2 N–H and O–H groups in total. The summed E-state index contributed by atoms with van der Waals surface area (Å²) in [6, 6.07) is 1.59. The maximum absolute atomic E-state index is 11.7. The van der Waals surface area contributed by atoms with Crippen LogP contribution in [-0.2, 0) is 0 Å². The summed E-state index contributed by atoms with van der Waals surface area (Å²) < 4.78 is 0. The number of aromatic amines is 1. The third-order valence-electron chi connectivity index (χ3n) is 2.75. The van der Waals surface area contributed by atoms with E-state index in [0.717, 1.165) is 12.8 Å². The molecule has 1 saturated carbocycles. The van der Waals surface area contributed by atoms with Crippen molar-refractivity contribution >= 4 is 5.91 Å². The summed E-state index contributed by atoms with van der Waals surface area (Å²) in [5, 5.41) is 15.7. The first-order valence-electron chi connectivity index (χ1n) is 4.64. The van der Waals surface area contributed by atoms with Crippen molar-refractivity contribution in [3.05, 3.63) is 18.0 Å². The van der Waals surface area contributed by atoms with Gasteiger partial charge in [-0.3, -0.25) is 9.89 Å². The number of hydrogen-bond donors (Lipinski definition) is 2. The van der Waals surface area contributed by atoms with E-state index >= 15 is 0 Å². The molecule has 0 aromatic carbocycles. The highest BCUT2D eigenvalue weighted by atomic mass is 16.3. The number of aromatic nitrogens is 2. The molecule has 0 bridgehead atoms. The molecule has 1 aliphatic rings. The fourth-order valence-corrected chi connectivity index (χ4v) is 1.63. The lowest BCUT2D eigenvalue weighted by Gasteiger charge is -2.39. The van der Waals surface area contributed by atoms with Crippen molar-refractivity contribution in [3.63, 3.8) is 0 Å². The van der Waals surface area contributed by atoms with Crippen LogP contribution >= 0.6 is 0 Å². The van der Waals surface area contributed by atoms with Crippen LogP contribution < -0.4 is 0 Å². The van der Waals surface area contributed by atoms with Gasteiger partial charge in [-0.25, -0.2) is 0 Å². The van der Waals surface area contributed by atoms with Gasteiger partial charge in [0.2, 0.25) is 0 Å². The number of hydrogen-bond acceptors (Lipinski definition) is 3. The SMILES string of the molecule is CN(C(=O)c1ccn[nH]1)[C@@H]1CC[C@H]1O. The van der Waals surface area contributed by atoms with Crippen LogP contribution in [0.5, 0.6) is 0 Å². The van der Waals surface area contributed by atoms with Gasteiger partial charge in [0.05, 0.1) is 12.1 Å². The second-order valence-electron chi connectivity index (χ2n) is 3.60. The van der Waals surface area contributed by atoms with E-state index in [1.54, 1.807) is 18.0 Å². The number of nitrogens with one attached hydrogen (secondary N) is 1. The fraction of sp³-hybridized carbons (Fsp3) is 0.556. The summed E-state index contributed by atoms with van der Waals surface area (Å²) in [5.41, 5.74) is 0.464. The average molecular weight is 195 g/mol. The molecule has 1 fully saturated rings. The Bertz CT molecular complexity index is 323. The van der Waals surface area contributed by atoms with Gasteiger partial charge in [0.25, 0.3) is 5.91 Å². The minimum Gasteiger partial charge on any atom is -0.391 e. The Morgan fingerprint density at radius 2 is 2.50 bits per heavy atom. The first kappa shape index (κ1) is 9.21. The van der Waals surface area contributed by atoms with Gasteiger partial charge in [0.1, 0.15) is 5.69 Å². The molecule has 0 radical (unpaired) electrons. The van der Waals surface area contributed by atoms with Crippen LogP contribution in [0.25, 0.3) is 0 Å². The smallest absolute Gasteiger partial charge is 0.271 e. The Labute approximate surface area is 81.7 Å². The number of H-pyrrole nitrogens is 1. The zero-order chi connectivity index (χ0) is 10.1. The third-order valence-corrected chi connectivity index (χ3v) is 2.75. The molecule has 2 atom stereocenters. The zero-order valence-electron chi connectivity index (χ0n) is 7.97. The Morgan fingerprint density at radius 1 is 1.71 bits per heavy atom. The van der Waals surface area contributed by atoms with Gasteiger partial charge >= 0.3 is 0 Å². The van der Waals surface area contributed by atoms with Gasteiger partial charge < -0.3 is 10.0 Å². The molecule has 2 rings (SSSR count). The van der Waals surface area contributed by atoms with Crippen molar-refractivity contribution < 1.29 is 9.90 Å². The lowest BCUT2D eigenvalue weighted by Crippen LogP contribution is -2.51. The maximum Gasteiger partial charge on any atom is 0.271 e. The van der Waals surface area contributed by atoms with Gasteiger partial charge in [-0.1, -0.05) is 0 Å². The lowest BCUT2D eigenvalue weighted by atomic mass is 9.88. The zero-order valence-corrected chi connectivity index (χ0v) is 7.97. The minimum atomic E-state index is -0.369. The number of aliphatic hydroxyl groups excluding tert-OH is 1. The Morgan fingerprint density at radius 3 is 2.93 bits per heavy atom. The molecule has 0 saturated heterocycles. The van der Waals surface area contributed by atoms with Crippen molar-refractivity contribution in [3.8, 4) is 0 Å². The molecule has 1 aromatic rings. The molecule has 1 aromatic heterocycles. The van der Waals surface area contributed by atoms with E-state index in [4.69, 9.17) is 0 Å². The van der Waals surface area contributed by atoms with Crippen LogP contribution in [0.15, 0.2) is 12.3 Å². The van der Waals surface area contributed by atoms with Crippen LogP contribution in [0.3, 0.4) is 0 Å². The summed E-state index contributed by atoms with van der Waals surface area (Å²) >= 11 is 0. The molecular weight excluding hydrogens is 182 g/mol. The highest BCUT2D eigenvalue weighted by molar-refractivity contribution is 5.92.